The monoisotopic (exact) mass is 249 g/mol. The van der Waals surface area contributed by atoms with E-state index in [1.807, 2.05) is 7.05 Å². The highest BCUT2D eigenvalue weighted by Crippen LogP contribution is 2.17. The Bertz CT molecular complexity index is 397. The zero-order valence-corrected chi connectivity index (χ0v) is 10.6. The summed E-state index contributed by atoms with van der Waals surface area (Å²) in [4.78, 5) is 14.5. The van der Waals surface area contributed by atoms with Gasteiger partial charge in [-0.15, -0.1) is 0 Å². The van der Waals surface area contributed by atoms with Crippen LogP contribution in [0.1, 0.15) is 5.56 Å². The molecule has 5 nitrogen and oxygen atoms in total. The Hall–Kier alpha value is -1.75. The van der Waals surface area contributed by atoms with Gasteiger partial charge in [0.2, 0.25) is 0 Å². The lowest BCUT2D eigenvalue weighted by Crippen LogP contribution is -2.48. The van der Waals surface area contributed by atoms with Gasteiger partial charge in [-0.1, -0.05) is 12.1 Å². The maximum absolute atomic E-state index is 10.8. The molecule has 0 saturated carbocycles. The number of anilines is 1. The van der Waals surface area contributed by atoms with Crippen molar-refractivity contribution >= 4 is 11.8 Å². The molecule has 0 aromatic heterocycles. The third-order valence-electron chi connectivity index (χ3n) is 3.23. The van der Waals surface area contributed by atoms with E-state index in [9.17, 15) is 4.79 Å². The molecule has 1 aromatic carbocycles. The van der Waals surface area contributed by atoms with Gasteiger partial charge >= 0.3 is 6.09 Å². The molecule has 18 heavy (non-hydrogen) atoms. The molecule has 0 atom stereocenters. The van der Waals surface area contributed by atoms with Gasteiger partial charge in [-0.05, 0) is 24.7 Å². The van der Waals surface area contributed by atoms with Crippen molar-refractivity contribution in [2.75, 3.05) is 38.1 Å². The third-order valence-corrected chi connectivity index (χ3v) is 3.23. The average molecular weight is 249 g/mol. The van der Waals surface area contributed by atoms with Crippen LogP contribution in [-0.4, -0.2) is 49.3 Å². The summed E-state index contributed by atoms with van der Waals surface area (Å²) in [5.74, 6) is 0. The van der Waals surface area contributed by atoms with Gasteiger partial charge in [-0.3, -0.25) is 0 Å². The number of nitrogens with one attached hydrogen (secondary N) is 1. The average Bonchev–Trinajstić information content (AvgIpc) is 2.40. The predicted octanol–water partition coefficient (Wildman–Crippen LogP) is 1.21. The Labute approximate surface area is 107 Å². The van der Waals surface area contributed by atoms with Crippen LogP contribution in [0.4, 0.5) is 10.5 Å². The molecule has 1 aromatic rings. The van der Waals surface area contributed by atoms with Crippen LogP contribution >= 0.6 is 0 Å². The van der Waals surface area contributed by atoms with Crippen LogP contribution in [0.3, 0.4) is 0 Å². The minimum absolute atomic E-state index is 0.577. The van der Waals surface area contributed by atoms with Gasteiger partial charge in [-0.25, -0.2) is 4.79 Å². The Morgan fingerprint density at radius 1 is 1.22 bits per heavy atom. The highest BCUT2D eigenvalue weighted by Gasteiger charge is 2.20. The molecule has 1 aliphatic heterocycles. The van der Waals surface area contributed by atoms with Crippen LogP contribution in [-0.2, 0) is 6.54 Å². The summed E-state index contributed by atoms with van der Waals surface area (Å²) in [5, 5.41) is 12.0. The lowest BCUT2D eigenvalue weighted by Gasteiger charge is -2.34. The van der Waals surface area contributed by atoms with Crippen molar-refractivity contribution in [3.63, 3.8) is 0 Å². The van der Waals surface area contributed by atoms with E-state index in [0.717, 1.165) is 19.6 Å². The lowest BCUT2D eigenvalue weighted by molar-refractivity contribution is 0.142. The topological polar surface area (TPSA) is 55.8 Å². The van der Waals surface area contributed by atoms with E-state index in [1.165, 1.54) is 16.2 Å². The van der Waals surface area contributed by atoms with E-state index in [-0.39, 0.29) is 0 Å². The highest BCUT2D eigenvalue weighted by atomic mass is 16.4. The van der Waals surface area contributed by atoms with E-state index in [0.29, 0.717) is 13.1 Å². The highest BCUT2D eigenvalue weighted by molar-refractivity contribution is 5.65. The molecule has 1 aliphatic rings. The summed E-state index contributed by atoms with van der Waals surface area (Å²) in [6, 6.07) is 8.41. The second-order valence-corrected chi connectivity index (χ2v) is 4.45. The summed E-state index contributed by atoms with van der Waals surface area (Å²) in [6.07, 6.45) is -0.820. The van der Waals surface area contributed by atoms with E-state index >= 15 is 0 Å². The molecular weight excluding hydrogens is 230 g/mol. The summed E-state index contributed by atoms with van der Waals surface area (Å²) in [6.45, 7) is 3.55. The minimum Gasteiger partial charge on any atom is -0.465 e. The van der Waals surface area contributed by atoms with Gasteiger partial charge in [0.15, 0.2) is 0 Å². The van der Waals surface area contributed by atoms with Gasteiger partial charge in [0.05, 0.1) is 0 Å². The van der Waals surface area contributed by atoms with E-state index in [2.05, 4.69) is 34.5 Å². The fourth-order valence-electron chi connectivity index (χ4n) is 2.18. The number of piperazine rings is 1. The molecule has 98 valence electrons. The molecule has 1 amide bonds. The van der Waals surface area contributed by atoms with E-state index in [1.54, 1.807) is 0 Å². The largest absolute Gasteiger partial charge is 0.465 e. The van der Waals surface area contributed by atoms with Crippen molar-refractivity contribution in [2.24, 2.45) is 0 Å². The van der Waals surface area contributed by atoms with Crippen molar-refractivity contribution in [2.45, 2.75) is 6.54 Å². The Kier molecular flexibility index (Phi) is 4.04. The molecular formula is C13H19N3O2. The predicted molar refractivity (Wildman–Crippen MR) is 71.0 cm³/mol. The van der Waals surface area contributed by atoms with Crippen molar-refractivity contribution in [1.29, 1.82) is 0 Å². The minimum atomic E-state index is -0.820. The number of carbonyl (C=O) groups is 1. The summed E-state index contributed by atoms with van der Waals surface area (Å²) >= 11 is 0. The van der Waals surface area contributed by atoms with Crippen LogP contribution in [0.5, 0.6) is 0 Å². The number of hydrogen-bond acceptors (Lipinski definition) is 3. The fourth-order valence-corrected chi connectivity index (χ4v) is 2.18. The number of nitrogens with zero attached hydrogens (tertiary/aromatic N) is 2. The molecule has 0 spiro atoms. The summed E-state index contributed by atoms with van der Waals surface area (Å²) < 4.78 is 0. The zero-order chi connectivity index (χ0) is 13.0. The van der Waals surface area contributed by atoms with Gasteiger partial charge < -0.3 is 20.2 Å². The molecule has 0 aliphatic carbocycles. The van der Waals surface area contributed by atoms with Crippen LogP contribution < -0.4 is 10.2 Å². The number of carboxylic acid groups (broad SMARTS) is 1. The van der Waals surface area contributed by atoms with E-state index in [4.69, 9.17) is 5.11 Å². The van der Waals surface area contributed by atoms with Gasteiger partial charge in [0, 0.05) is 38.4 Å². The van der Waals surface area contributed by atoms with Crippen molar-refractivity contribution in [3.8, 4) is 0 Å². The first-order valence-corrected chi connectivity index (χ1v) is 6.17. The second kappa shape index (κ2) is 5.73. The Morgan fingerprint density at radius 2 is 1.83 bits per heavy atom. The number of hydrogen-bond donors (Lipinski definition) is 2. The Balaban J connectivity index is 1.95. The first kappa shape index (κ1) is 12.7. The number of benzene rings is 1. The molecule has 1 saturated heterocycles. The third kappa shape index (κ3) is 2.92. The smallest absolute Gasteiger partial charge is 0.407 e. The normalized spacial score (nSPS) is 15.8. The standard InChI is InChI=1S/C13H19N3O2/c1-14-10-11-2-4-12(5-3-11)15-6-8-16(9-7-15)13(17)18/h2-5,14H,6-10H2,1H3,(H,17,18). The Morgan fingerprint density at radius 3 is 2.33 bits per heavy atom. The molecule has 1 heterocycles. The summed E-state index contributed by atoms with van der Waals surface area (Å²) in [7, 11) is 1.93. The molecule has 0 unspecified atom stereocenters. The van der Waals surface area contributed by atoms with Gasteiger partial charge in [0.1, 0.15) is 0 Å². The van der Waals surface area contributed by atoms with Crippen LogP contribution in [0.2, 0.25) is 0 Å². The molecule has 2 N–H and O–H groups in total. The number of amides is 1. The van der Waals surface area contributed by atoms with Crippen molar-refractivity contribution in [3.05, 3.63) is 29.8 Å². The SMILES string of the molecule is CNCc1ccc(N2CCN(C(=O)O)CC2)cc1. The van der Waals surface area contributed by atoms with Crippen LogP contribution in [0.25, 0.3) is 0 Å². The molecule has 2 rings (SSSR count). The molecule has 5 heteroatoms. The summed E-state index contributed by atoms with van der Waals surface area (Å²) in [5.41, 5.74) is 2.42. The zero-order valence-electron chi connectivity index (χ0n) is 10.6. The van der Waals surface area contributed by atoms with E-state index < -0.39 is 6.09 Å². The van der Waals surface area contributed by atoms with Crippen molar-refractivity contribution in [1.82, 2.24) is 10.2 Å². The fraction of sp³-hybridized carbons (Fsp3) is 0.462. The van der Waals surface area contributed by atoms with Crippen LogP contribution in [0, 0.1) is 0 Å². The molecule has 0 radical (unpaired) electrons. The van der Waals surface area contributed by atoms with Crippen molar-refractivity contribution < 1.29 is 9.90 Å². The first-order chi connectivity index (χ1) is 8.70. The molecule has 1 fully saturated rings. The first-order valence-electron chi connectivity index (χ1n) is 6.17. The maximum atomic E-state index is 10.8. The number of rotatable bonds is 3. The molecule has 0 bridgehead atoms. The lowest BCUT2D eigenvalue weighted by atomic mass is 10.2. The quantitative estimate of drug-likeness (QED) is 0.845. The van der Waals surface area contributed by atoms with Crippen LogP contribution in [0.15, 0.2) is 24.3 Å². The second-order valence-electron chi connectivity index (χ2n) is 4.45. The van der Waals surface area contributed by atoms with Gasteiger partial charge in [-0.2, -0.15) is 0 Å². The van der Waals surface area contributed by atoms with Gasteiger partial charge in [0.25, 0.3) is 0 Å². The maximum Gasteiger partial charge on any atom is 0.407 e.